The Morgan fingerprint density at radius 3 is 2.47 bits per heavy atom. The van der Waals surface area contributed by atoms with Gasteiger partial charge in [0, 0.05) is 18.7 Å². The Balaban J connectivity index is 1.29. The lowest BCUT2D eigenvalue weighted by Crippen LogP contribution is -2.27. The molecule has 176 valence electrons. The lowest BCUT2D eigenvalue weighted by Gasteiger charge is -2.16. The lowest BCUT2D eigenvalue weighted by atomic mass is 9.98. The molecule has 0 bridgehead atoms. The minimum Gasteiger partial charge on any atom is -0.410 e. The van der Waals surface area contributed by atoms with E-state index in [0.29, 0.717) is 12.3 Å². The van der Waals surface area contributed by atoms with Crippen LogP contribution >= 0.6 is 0 Å². The van der Waals surface area contributed by atoms with Gasteiger partial charge in [-0.05, 0) is 50.3 Å². The number of nitrogens with zero attached hydrogens (tertiary/aromatic N) is 2. The van der Waals surface area contributed by atoms with E-state index in [4.69, 9.17) is 9.72 Å². The summed E-state index contributed by atoms with van der Waals surface area (Å²) in [5.74, 6) is 1.62. The molecule has 0 fully saturated rings. The van der Waals surface area contributed by atoms with Gasteiger partial charge in [-0.3, -0.25) is 0 Å². The third-order valence-electron chi connectivity index (χ3n) is 6.06. The predicted molar refractivity (Wildman–Crippen MR) is 138 cm³/mol. The molecule has 1 aromatic heterocycles. The van der Waals surface area contributed by atoms with Gasteiger partial charge >= 0.3 is 6.09 Å². The molecule has 4 rings (SSSR count). The van der Waals surface area contributed by atoms with Gasteiger partial charge in [-0.1, -0.05) is 79.6 Å². The quantitative estimate of drug-likeness (QED) is 0.337. The lowest BCUT2D eigenvalue weighted by molar-refractivity contribution is 0.200. The average molecular weight is 456 g/mol. The Kier molecular flexibility index (Phi) is 8.33. The van der Waals surface area contributed by atoms with Crippen molar-refractivity contribution in [2.24, 2.45) is 0 Å². The molecule has 1 amide bonds. The summed E-state index contributed by atoms with van der Waals surface area (Å²) in [5, 5.41) is 2.83. The van der Waals surface area contributed by atoms with Crippen molar-refractivity contribution in [2.45, 2.75) is 52.0 Å². The topological polar surface area (TPSA) is 56.2 Å². The van der Waals surface area contributed by atoms with Gasteiger partial charge in [-0.15, -0.1) is 0 Å². The number of carbonyl (C=O) groups is 1. The molecule has 34 heavy (non-hydrogen) atoms. The second kappa shape index (κ2) is 12.0. The summed E-state index contributed by atoms with van der Waals surface area (Å²) >= 11 is 0. The molecule has 2 aromatic carbocycles. The smallest absolute Gasteiger partial charge is 0.410 e. The number of allylic oxidation sites excluding steroid dienone is 4. The summed E-state index contributed by atoms with van der Waals surface area (Å²) in [4.78, 5) is 16.9. The third kappa shape index (κ3) is 6.25. The van der Waals surface area contributed by atoms with E-state index >= 15 is 0 Å². The number of ether oxygens (including phenoxy) is 1. The molecule has 5 heteroatoms. The zero-order valence-electron chi connectivity index (χ0n) is 19.9. The van der Waals surface area contributed by atoms with Crippen LogP contribution in [0.25, 0.3) is 16.8 Å². The van der Waals surface area contributed by atoms with Gasteiger partial charge in [0.05, 0.1) is 11.4 Å². The molecule has 0 atom stereocenters. The molecule has 0 saturated heterocycles. The van der Waals surface area contributed by atoms with Gasteiger partial charge in [0.25, 0.3) is 0 Å². The van der Waals surface area contributed by atoms with Crippen molar-refractivity contribution < 1.29 is 9.53 Å². The number of hydrogen-bond acceptors (Lipinski definition) is 3. The van der Waals surface area contributed by atoms with Crippen LogP contribution in [-0.4, -0.2) is 22.2 Å². The van der Waals surface area contributed by atoms with E-state index in [1.165, 1.54) is 16.8 Å². The van der Waals surface area contributed by atoms with Crippen LogP contribution in [0, 0.1) is 6.92 Å². The molecule has 0 spiro atoms. The number of para-hydroxylation sites is 1. The Morgan fingerprint density at radius 1 is 1.00 bits per heavy atom. The number of imidazole rings is 1. The second-order valence-corrected chi connectivity index (χ2v) is 8.58. The molecule has 1 heterocycles. The molecule has 0 saturated carbocycles. The Morgan fingerprint density at radius 2 is 1.74 bits per heavy atom. The average Bonchev–Trinajstić information content (AvgIpc) is 3.21. The van der Waals surface area contributed by atoms with Gasteiger partial charge in [0.1, 0.15) is 11.6 Å². The van der Waals surface area contributed by atoms with E-state index in [1.807, 2.05) is 24.3 Å². The largest absolute Gasteiger partial charge is 0.412 e. The first-order chi connectivity index (χ1) is 16.7. The monoisotopic (exact) mass is 455 g/mol. The van der Waals surface area contributed by atoms with Crippen LogP contribution in [-0.2, 0) is 6.54 Å². The molecule has 1 N–H and O–H groups in total. The minimum absolute atomic E-state index is 0.395. The van der Waals surface area contributed by atoms with Crippen molar-refractivity contribution in [1.82, 2.24) is 14.9 Å². The van der Waals surface area contributed by atoms with Crippen molar-refractivity contribution in [2.75, 3.05) is 6.54 Å². The summed E-state index contributed by atoms with van der Waals surface area (Å²) in [6.07, 6.45) is 12.5. The first-order valence-electron chi connectivity index (χ1n) is 12.2. The van der Waals surface area contributed by atoms with Crippen LogP contribution in [0.2, 0.25) is 0 Å². The number of rotatable bonds is 10. The van der Waals surface area contributed by atoms with Gasteiger partial charge in [-0.25, -0.2) is 9.78 Å². The summed E-state index contributed by atoms with van der Waals surface area (Å²) in [7, 11) is 0. The molecule has 0 aliphatic heterocycles. The van der Waals surface area contributed by atoms with E-state index < -0.39 is 6.09 Å². The Labute approximate surface area is 202 Å². The minimum atomic E-state index is -0.395. The van der Waals surface area contributed by atoms with E-state index in [2.05, 4.69) is 59.3 Å². The summed E-state index contributed by atoms with van der Waals surface area (Å²) in [6, 6.07) is 19.6. The number of aromatic nitrogens is 2. The number of benzene rings is 2. The number of nitrogens with one attached hydrogen (secondary N) is 1. The van der Waals surface area contributed by atoms with Crippen LogP contribution in [0.3, 0.4) is 0 Å². The van der Waals surface area contributed by atoms with Crippen LogP contribution in [0.15, 0.2) is 78.9 Å². The molecule has 0 radical (unpaired) electrons. The summed E-state index contributed by atoms with van der Waals surface area (Å²) in [5.41, 5.74) is 4.88. The zero-order chi connectivity index (χ0) is 23.6. The fourth-order valence-corrected chi connectivity index (χ4v) is 4.33. The van der Waals surface area contributed by atoms with E-state index in [9.17, 15) is 4.79 Å². The van der Waals surface area contributed by atoms with Crippen molar-refractivity contribution in [3.05, 3.63) is 90.4 Å². The van der Waals surface area contributed by atoms with Crippen molar-refractivity contribution in [3.8, 4) is 17.0 Å². The Bertz CT molecular complexity index is 1130. The van der Waals surface area contributed by atoms with Crippen LogP contribution in [0.4, 0.5) is 4.79 Å². The molecule has 5 nitrogen and oxygen atoms in total. The van der Waals surface area contributed by atoms with Crippen LogP contribution in [0.1, 0.15) is 50.0 Å². The maximum atomic E-state index is 11.9. The normalized spacial score (nSPS) is 12.9. The SMILES string of the molecule is Cc1nc(-c2ccccc2)c(C2=CC=CCC2)n1CCCCCCNC(=O)Oc1ccccc1. The molecule has 1 aliphatic carbocycles. The van der Waals surface area contributed by atoms with E-state index in [0.717, 1.165) is 56.6 Å². The maximum Gasteiger partial charge on any atom is 0.412 e. The van der Waals surface area contributed by atoms with Crippen LogP contribution in [0.5, 0.6) is 5.75 Å². The summed E-state index contributed by atoms with van der Waals surface area (Å²) < 4.78 is 7.64. The predicted octanol–water partition coefficient (Wildman–Crippen LogP) is 6.94. The van der Waals surface area contributed by atoms with Gasteiger partial charge < -0.3 is 14.6 Å². The number of hydrogen-bond donors (Lipinski definition) is 1. The second-order valence-electron chi connectivity index (χ2n) is 8.58. The highest BCUT2D eigenvalue weighted by Crippen LogP contribution is 2.33. The third-order valence-corrected chi connectivity index (χ3v) is 6.06. The highest BCUT2D eigenvalue weighted by Gasteiger charge is 2.19. The molecular weight excluding hydrogens is 422 g/mol. The number of unbranched alkanes of at least 4 members (excludes halogenated alkanes) is 3. The number of carbonyl (C=O) groups excluding carboxylic acids is 1. The zero-order valence-corrected chi connectivity index (χ0v) is 19.9. The summed E-state index contributed by atoms with van der Waals surface area (Å²) in [6.45, 7) is 3.68. The number of aryl methyl sites for hydroxylation is 1. The number of amides is 1. The van der Waals surface area contributed by atoms with Gasteiger partial charge in [0.15, 0.2) is 0 Å². The highest BCUT2D eigenvalue weighted by molar-refractivity contribution is 5.79. The molecule has 1 aliphatic rings. The standard InChI is InChI=1S/C29H33N3O2/c1-23-31-27(24-15-7-4-8-16-24)28(25-17-9-5-10-18-25)32(23)22-14-3-2-13-21-30-29(33)34-26-19-11-6-12-20-26/h4-9,11-12,15-17,19-20H,2-3,10,13-14,18,21-22H2,1H3,(H,30,33). The van der Waals surface area contributed by atoms with Crippen molar-refractivity contribution in [3.63, 3.8) is 0 Å². The first-order valence-corrected chi connectivity index (χ1v) is 12.2. The van der Waals surface area contributed by atoms with Crippen LogP contribution < -0.4 is 10.1 Å². The fourth-order valence-electron chi connectivity index (χ4n) is 4.33. The first kappa shape index (κ1) is 23.6. The fraction of sp³-hybridized carbons (Fsp3) is 0.310. The van der Waals surface area contributed by atoms with E-state index in [-0.39, 0.29) is 0 Å². The van der Waals surface area contributed by atoms with E-state index in [1.54, 1.807) is 12.1 Å². The molecule has 0 unspecified atom stereocenters. The molecule has 3 aromatic rings. The van der Waals surface area contributed by atoms with Crippen molar-refractivity contribution >= 4 is 11.7 Å². The van der Waals surface area contributed by atoms with Gasteiger partial charge in [-0.2, -0.15) is 0 Å². The molecular formula is C29H33N3O2. The highest BCUT2D eigenvalue weighted by atomic mass is 16.6. The maximum absolute atomic E-state index is 11.9. The van der Waals surface area contributed by atoms with Gasteiger partial charge in [0.2, 0.25) is 0 Å². The Hall–Kier alpha value is -3.60. The van der Waals surface area contributed by atoms with Crippen molar-refractivity contribution in [1.29, 1.82) is 0 Å².